The Morgan fingerprint density at radius 3 is 2.40 bits per heavy atom. The molecule has 6 rings (SSSR count). The fraction of sp³-hybridized carbons (Fsp3) is 0.385. The van der Waals surface area contributed by atoms with Crippen LogP contribution in [0.25, 0.3) is 0 Å². The average molecular weight is 533 g/mol. The molecule has 14 heteroatoms. The Labute approximate surface area is 235 Å². The van der Waals surface area contributed by atoms with E-state index in [-0.39, 0.29) is 6.10 Å². The average Bonchev–Trinajstić information content (AvgIpc) is 3.44. The van der Waals surface area contributed by atoms with Crippen LogP contribution in [-0.4, -0.2) is 102 Å². The van der Waals surface area contributed by atoms with Crippen LogP contribution in [0, 0.1) is 0 Å². The molecule has 2 aliphatic heterocycles. The Kier molecular flexibility index (Phi) is 7.60. The van der Waals surface area contributed by atoms with E-state index in [0.717, 1.165) is 30.9 Å². The molecule has 0 unspecified atom stereocenters. The van der Waals surface area contributed by atoms with Crippen LogP contribution in [0.1, 0.15) is 11.1 Å². The summed E-state index contributed by atoms with van der Waals surface area (Å²) in [5.41, 5.74) is 2.25. The molecule has 0 spiro atoms. The second-order valence-corrected chi connectivity index (χ2v) is 9.86. The van der Waals surface area contributed by atoms with Gasteiger partial charge in [0.1, 0.15) is 6.33 Å². The maximum Gasteiger partial charge on any atom is 0.232 e. The lowest BCUT2D eigenvalue weighted by Gasteiger charge is -2.35. The summed E-state index contributed by atoms with van der Waals surface area (Å²) in [4.78, 5) is 26.7. The Bertz CT molecular complexity index is 1390. The summed E-state index contributed by atoms with van der Waals surface area (Å²) in [6.45, 7) is 5.96. The molecule has 0 aliphatic carbocycles. The summed E-state index contributed by atoms with van der Waals surface area (Å²) >= 11 is 0. The van der Waals surface area contributed by atoms with Gasteiger partial charge in [0.25, 0.3) is 0 Å². The van der Waals surface area contributed by atoms with E-state index in [9.17, 15) is 0 Å². The van der Waals surface area contributed by atoms with E-state index in [1.165, 1.54) is 6.33 Å². The quantitative estimate of drug-likeness (QED) is 0.307. The fourth-order valence-corrected chi connectivity index (χ4v) is 4.79. The van der Waals surface area contributed by atoms with Crippen molar-refractivity contribution in [1.82, 2.24) is 40.0 Å². The monoisotopic (exact) mass is 533 g/mol. The van der Waals surface area contributed by atoms with Gasteiger partial charge < -0.3 is 25.2 Å². The number of anilines is 4. The first-order chi connectivity index (χ1) is 19.5. The lowest BCUT2D eigenvalue weighted by Crippen LogP contribution is -2.47. The second kappa shape index (κ2) is 11.6. The van der Waals surface area contributed by atoms with Gasteiger partial charge in [-0.15, -0.1) is 0 Å². The third-order valence-corrected chi connectivity index (χ3v) is 7.06. The number of rotatable bonds is 8. The zero-order chi connectivity index (χ0) is 27.4. The van der Waals surface area contributed by atoms with Gasteiger partial charge in [0.05, 0.1) is 46.8 Å². The van der Waals surface area contributed by atoms with Crippen molar-refractivity contribution in [2.75, 3.05) is 61.0 Å². The molecular weight excluding hydrogens is 504 g/mol. The van der Waals surface area contributed by atoms with Crippen molar-refractivity contribution in [1.29, 1.82) is 0 Å². The minimum Gasteiger partial charge on any atom is -0.374 e. The van der Waals surface area contributed by atoms with Crippen LogP contribution in [0.2, 0.25) is 0 Å². The molecule has 200 valence electrons. The molecule has 3 aromatic heterocycles. The highest BCUT2D eigenvalue weighted by atomic mass is 16.5. The number of hydrogen-bond donors (Lipinski definition) is 2. The van der Waals surface area contributed by atoms with Crippen LogP contribution >= 0.6 is 0 Å². The third kappa shape index (κ3) is 5.92. The summed E-state index contributed by atoms with van der Waals surface area (Å²) in [6, 6.07) is 9.53. The van der Waals surface area contributed by atoms with E-state index in [2.05, 4.69) is 50.5 Å². The van der Waals surface area contributed by atoms with E-state index in [1.54, 1.807) is 18.6 Å². The molecule has 2 N–H and O–H groups in total. The van der Waals surface area contributed by atoms with Crippen molar-refractivity contribution in [3.63, 3.8) is 0 Å². The van der Waals surface area contributed by atoms with Gasteiger partial charge in [-0.25, -0.2) is 19.9 Å². The molecule has 4 aromatic rings. The summed E-state index contributed by atoms with van der Waals surface area (Å²) < 4.78 is 7.62. The fourth-order valence-electron chi connectivity index (χ4n) is 4.79. The Morgan fingerprint density at radius 2 is 1.68 bits per heavy atom. The van der Waals surface area contributed by atoms with Crippen molar-refractivity contribution in [2.24, 2.45) is 0 Å². The predicted octanol–water partition coefficient (Wildman–Crippen LogP) is 0.455. The first-order valence-electron chi connectivity index (χ1n) is 13.3. The molecule has 0 bridgehead atoms. The minimum absolute atomic E-state index is 0.108. The Morgan fingerprint density at radius 1 is 0.925 bits per heavy atom. The maximum absolute atomic E-state index is 6.41. The van der Waals surface area contributed by atoms with Crippen LogP contribution in [0.5, 0.6) is 0 Å². The zero-order valence-electron chi connectivity index (χ0n) is 22.1. The van der Waals surface area contributed by atoms with E-state index in [1.807, 2.05) is 41.2 Å². The van der Waals surface area contributed by atoms with Crippen molar-refractivity contribution < 1.29 is 4.74 Å². The summed E-state index contributed by atoms with van der Waals surface area (Å²) in [6.07, 6.45) is 8.70. The third-order valence-electron chi connectivity index (χ3n) is 7.06. The first kappa shape index (κ1) is 26.2. The van der Waals surface area contributed by atoms with Gasteiger partial charge in [-0.05, 0) is 10.8 Å². The van der Waals surface area contributed by atoms with Crippen molar-refractivity contribution in [3.8, 4) is 0 Å². The van der Waals surface area contributed by atoms with Crippen molar-refractivity contribution in [3.05, 3.63) is 72.6 Å². The zero-order valence-corrected chi connectivity index (χ0v) is 22.1. The summed E-state index contributed by atoms with van der Waals surface area (Å²) in [5.74, 6) is 1.71. The van der Waals surface area contributed by atoms with Gasteiger partial charge in [0, 0.05) is 57.9 Å². The summed E-state index contributed by atoms with van der Waals surface area (Å²) in [5, 5.41) is 9.82. The molecule has 2 fully saturated rings. The highest BCUT2D eigenvalue weighted by Gasteiger charge is 2.25. The van der Waals surface area contributed by atoms with Gasteiger partial charge in [0.2, 0.25) is 17.8 Å². The van der Waals surface area contributed by atoms with E-state index in [4.69, 9.17) is 20.4 Å². The standard InChI is InChI=1S/C26H29B2N11O/c27-26(28,19-4-2-1-3-5-19)20-12-30-24(31-13-20)37-7-9-38(10-8-37)25-33-18-32-23(36-25)35-21-14-34-39(16-21)17-22-15-29-6-11-40-22/h1-5,12-14,16,18,22,29H,6-11,15,17H2,(H,32,33,35,36)/t22-/m0/s1. The van der Waals surface area contributed by atoms with E-state index >= 15 is 0 Å². The molecular formula is C26H29B2N11O. The molecule has 0 amide bonds. The van der Waals surface area contributed by atoms with Gasteiger partial charge >= 0.3 is 0 Å². The van der Waals surface area contributed by atoms with Crippen LogP contribution in [0.15, 0.2) is 61.4 Å². The van der Waals surface area contributed by atoms with Crippen LogP contribution in [-0.2, 0) is 16.5 Å². The number of benzene rings is 1. The van der Waals surface area contributed by atoms with Gasteiger partial charge in [-0.3, -0.25) is 4.68 Å². The number of ether oxygens (including phenoxy) is 1. The van der Waals surface area contributed by atoms with Gasteiger partial charge in [-0.1, -0.05) is 35.9 Å². The van der Waals surface area contributed by atoms with Crippen molar-refractivity contribution in [2.45, 2.75) is 17.9 Å². The Balaban J connectivity index is 1.04. The van der Waals surface area contributed by atoms with E-state index in [0.29, 0.717) is 56.1 Å². The first-order valence-corrected chi connectivity index (χ1v) is 13.3. The highest BCUT2D eigenvalue weighted by molar-refractivity contribution is 6.42. The Hall–Kier alpha value is -4.03. The number of piperazine rings is 1. The predicted molar refractivity (Wildman–Crippen MR) is 153 cm³/mol. The molecule has 40 heavy (non-hydrogen) atoms. The lowest BCUT2D eigenvalue weighted by molar-refractivity contribution is 0.0161. The number of nitrogens with zero attached hydrogens (tertiary/aromatic N) is 9. The highest BCUT2D eigenvalue weighted by Crippen LogP contribution is 2.25. The molecule has 5 heterocycles. The molecule has 2 saturated heterocycles. The summed E-state index contributed by atoms with van der Waals surface area (Å²) in [7, 11) is 12.8. The molecule has 4 radical (unpaired) electrons. The van der Waals surface area contributed by atoms with E-state index < -0.39 is 5.21 Å². The number of morpholine rings is 1. The number of nitrogens with one attached hydrogen (secondary N) is 2. The van der Waals surface area contributed by atoms with Crippen LogP contribution < -0.4 is 20.4 Å². The van der Waals surface area contributed by atoms with Crippen LogP contribution in [0.3, 0.4) is 0 Å². The molecule has 12 nitrogen and oxygen atoms in total. The topological polar surface area (TPSA) is 122 Å². The molecule has 1 aromatic carbocycles. The number of hydrogen-bond acceptors (Lipinski definition) is 11. The van der Waals surface area contributed by atoms with Crippen molar-refractivity contribution >= 4 is 39.2 Å². The molecule has 2 aliphatic rings. The molecule has 0 saturated carbocycles. The van der Waals surface area contributed by atoms with Gasteiger partial charge in [-0.2, -0.15) is 10.1 Å². The maximum atomic E-state index is 6.41. The second-order valence-electron chi connectivity index (χ2n) is 9.86. The molecule has 1 atom stereocenters. The minimum atomic E-state index is -1.16. The van der Waals surface area contributed by atoms with Gasteiger partial charge in [0.15, 0.2) is 0 Å². The SMILES string of the molecule is [B]C([B])(c1ccccc1)c1cnc(N2CCN(c3ncnc(Nc4cnn(C[C@@H]5CNCCO5)c4)n3)CC2)nc1. The number of aromatic nitrogens is 7. The lowest BCUT2D eigenvalue weighted by atomic mass is 9.48. The smallest absolute Gasteiger partial charge is 0.232 e. The van der Waals surface area contributed by atoms with Crippen LogP contribution in [0.4, 0.5) is 23.5 Å². The normalized spacial score (nSPS) is 18.1. The largest absolute Gasteiger partial charge is 0.374 e.